The van der Waals surface area contributed by atoms with E-state index in [0.717, 1.165) is 29.0 Å². The fourth-order valence-corrected chi connectivity index (χ4v) is 4.02. The van der Waals surface area contributed by atoms with Crippen LogP contribution in [0.5, 0.6) is 0 Å². The zero-order valence-corrected chi connectivity index (χ0v) is 16.5. The van der Waals surface area contributed by atoms with Gasteiger partial charge in [-0.1, -0.05) is 30.3 Å². The Morgan fingerprint density at radius 3 is 2.50 bits per heavy atom. The van der Waals surface area contributed by atoms with E-state index in [-0.39, 0.29) is 11.4 Å². The number of aromatic nitrogens is 2. The Morgan fingerprint density at radius 2 is 1.82 bits per heavy atom. The van der Waals surface area contributed by atoms with Crippen LogP contribution in [-0.2, 0) is 5.41 Å². The molecular formula is C22H22N4OS. The summed E-state index contributed by atoms with van der Waals surface area (Å²) >= 11 is 1.50. The van der Waals surface area contributed by atoms with Gasteiger partial charge in [-0.05, 0) is 66.9 Å². The number of rotatable bonds is 6. The van der Waals surface area contributed by atoms with Crippen LogP contribution >= 0.6 is 11.8 Å². The summed E-state index contributed by atoms with van der Waals surface area (Å²) in [6, 6.07) is 18.0. The number of carbonyl (C=O) groups excluding carboxylic acids is 1. The quantitative estimate of drug-likeness (QED) is 0.594. The summed E-state index contributed by atoms with van der Waals surface area (Å²) in [5.41, 5.74) is 3.21. The lowest BCUT2D eigenvalue weighted by molar-refractivity contribution is 0.251. The molecule has 0 unspecified atom stereocenters. The van der Waals surface area contributed by atoms with Crippen LogP contribution in [0.2, 0.25) is 0 Å². The molecule has 1 heterocycles. The van der Waals surface area contributed by atoms with E-state index in [4.69, 9.17) is 0 Å². The zero-order chi connectivity index (χ0) is 19.4. The standard InChI is InChI=1S/C22H22N4OS/c1-16-14-18(28-21-23-12-5-13-24-21)8-9-19(16)26-20(27)25-15-22(10-11-22)17-6-3-2-4-7-17/h2-9,12-14H,10-11,15H2,1H3,(H2,25,26,27). The highest BCUT2D eigenvalue weighted by molar-refractivity contribution is 7.99. The Kier molecular flexibility index (Phi) is 5.30. The topological polar surface area (TPSA) is 66.9 Å². The number of aryl methyl sites for hydroxylation is 1. The molecule has 0 aliphatic heterocycles. The van der Waals surface area contributed by atoms with Gasteiger partial charge < -0.3 is 10.6 Å². The molecule has 1 saturated carbocycles. The van der Waals surface area contributed by atoms with Crippen molar-refractivity contribution in [2.45, 2.75) is 35.2 Å². The van der Waals surface area contributed by atoms with E-state index in [0.29, 0.717) is 11.7 Å². The number of urea groups is 1. The Balaban J connectivity index is 1.34. The second-order valence-electron chi connectivity index (χ2n) is 7.06. The molecule has 0 bridgehead atoms. The summed E-state index contributed by atoms with van der Waals surface area (Å²) in [5, 5.41) is 6.71. The molecule has 0 radical (unpaired) electrons. The minimum absolute atomic E-state index is 0.101. The number of amides is 2. The first-order valence-electron chi connectivity index (χ1n) is 9.31. The average molecular weight is 391 g/mol. The lowest BCUT2D eigenvalue weighted by atomic mass is 9.96. The molecule has 1 aliphatic carbocycles. The molecule has 0 atom stereocenters. The highest BCUT2D eigenvalue weighted by Gasteiger charge is 2.44. The smallest absolute Gasteiger partial charge is 0.319 e. The van der Waals surface area contributed by atoms with Gasteiger partial charge in [-0.25, -0.2) is 14.8 Å². The Labute approximate surface area is 169 Å². The van der Waals surface area contributed by atoms with Gasteiger partial charge in [0.1, 0.15) is 0 Å². The first-order valence-corrected chi connectivity index (χ1v) is 10.1. The Morgan fingerprint density at radius 1 is 1.07 bits per heavy atom. The molecule has 1 aliphatic rings. The van der Waals surface area contributed by atoms with E-state index >= 15 is 0 Å². The summed E-state index contributed by atoms with van der Waals surface area (Å²) in [6.07, 6.45) is 5.68. The van der Waals surface area contributed by atoms with Crippen molar-refractivity contribution in [3.05, 3.63) is 78.1 Å². The van der Waals surface area contributed by atoms with Gasteiger partial charge in [0, 0.05) is 34.9 Å². The second-order valence-corrected chi connectivity index (χ2v) is 8.10. The minimum atomic E-state index is -0.169. The fourth-order valence-electron chi connectivity index (χ4n) is 3.21. The molecule has 5 nitrogen and oxygen atoms in total. The van der Waals surface area contributed by atoms with Crippen molar-refractivity contribution in [2.24, 2.45) is 0 Å². The van der Waals surface area contributed by atoms with Crippen LogP contribution in [0.4, 0.5) is 10.5 Å². The van der Waals surface area contributed by atoms with Crippen molar-refractivity contribution in [1.82, 2.24) is 15.3 Å². The van der Waals surface area contributed by atoms with E-state index in [1.54, 1.807) is 18.5 Å². The minimum Gasteiger partial charge on any atom is -0.337 e. The molecule has 4 rings (SSSR count). The SMILES string of the molecule is Cc1cc(Sc2ncccn2)ccc1NC(=O)NCC1(c2ccccc2)CC1. The van der Waals surface area contributed by atoms with Crippen molar-refractivity contribution in [3.63, 3.8) is 0 Å². The Hall–Kier alpha value is -2.86. The van der Waals surface area contributed by atoms with Crippen molar-refractivity contribution in [2.75, 3.05) is 11.9 Å². The average Bonchev–Trinajstić information content (AvgIpc) is 3.51. The van der Waals surface area contributed by atoms with Crippen LogP contribution in [0, 0.1) is 6.92 Å². The lowest BCUT2D eigenvalue weighted by Crippen LogP contribution is -2.35. The van der Waals surface area contributed by atoms with E-state index < -0.39 is 0 Å². The van der Waals surface area contributed by atoms with Crippen molar-refractivity contribution >= 4 is 23.5 Å². The zero-order valence-electron chi connectivity index (χ0n) is 15.7. The summed E-state index contributed by atoms with van der Waals surface area (Å²) in [7, 11) is 0. The first kappa shape index (κ1) is 18.5. The third-order valence-electron chi connectivity index (χ3n) is 5.02. The third kappa shape index (κ3) is 4.34. The van der Waals surface area contributed by atoms with Crippen molar-refractivity contribution in [1.29, 1.82) is 0 Å². The second kappa shape index (κ2) is 8.02. The molecule has 1 fully saturated rings. The van der Waals surface area contributed by atoms with Crippen LogP contribution < -0.4 is 10.6 Å². The number of hydrogen-bond donors (Lipinski definition) is 2. The van der Waals surface area contributed by atoms with Crippen LogP contribution in [-0.4, -0.2) is 22.5 Å². The van der Waals surface area contributed by atoms with Crippen LogP contribution in [0.15, 0.2) is 77.0 Å². The lowest BCUT2D eigenvalue weighted by Gasteiger charge is -2.17. The van der Waals surface area contributed by atoms with Crippen molar-refractivity contribution < 1.29 is 4.79 Å². The predicted octanol–water partition coefficient (Wildman–Crippen LogP) is 4.79. The molecule has 2 N–H and O–H groups in total. The van der Waals surface area contributed by atoms with Gasteiger partial charge in [0.15, 0.2) is 5.16 Å². The van der Waals surface area contributed by atoms with Gasteiger partial charge in [0.05, 0.1) is 0 Å². The maximum absolute atomic E-state index is 12.4. The van der Waals surface area contributed by atoms with Gasteiger partial charge in [-0.2, -0.15) is 0 Å². The normalized spacial score (nSPS) is 14.3. The number of benzene rings is 2. The molecule has 2 aromatic carbocycles. The third-order valence-corrected chi connectivity index (χ3v) is 5.91. The molecule has 0 spiro atoms. The highest BCUT2D eigenvalue weighted by atomic mass is 32.2. The van der Waals surface area contributed by atoms with Gasteiger partial charge in [-0.15, -0.1) is 0 Å². The van der Waals surface area contributed by atoms with Gasteiger partial charge >= 0.3 is 6.03 Å². The van der Waals surface area contributed by atoms with E-state index in [2.05, 4.69) is 44.9 Å². The molecule has 3 aromatic rings. The van der Waals surface area contributed by atoms with Gasteiger partial charge in [0.25, 0.3) is 0 Å². The van der Waals surface area contributed by atoms with Crippen LogP contribution in [0.3, 0.4) is 0 Å². The highest BCUT2D eigenvalue weighted by Crippen LogP contribution is 2.47. The first-order chi connectivity index (χ1) is 13.6. The van der Waals surface area contributed by atoms with Crippen molar-refractivity contribution in [3.8, 4) is 0 Å². The van der Waals surface area contributed by atoms with E-state index in [1.807, 2.05) is 31.2 Å². The fraction of sp³-hybridized carbons (Fsp3) is 0.227. The molecule has 6 heteroatoms. The van der Waals surface area contributed by atoms with E-state index in [1.165, 1.54) is 17.3 Å². The summed E-state index contributed by atoms with van der Waals surface area (Å²) in [6.45, 7) is 2.64. The molecule has 0 saturated heterocycles. The number of anilines is 1. The molecular weight excluding hydrogens is 368 g/mol. The van der Waals surface area contributed by atoms with E-state index in [9.17, 15) is 4.79 Å². The maximum atomic E-state index is 12.4. The monoisotopic (exact) mass is 390 g/mol. The number of nitrogens with one attached hydrogen (secondary N) is 2. The molecule has 1 aromatic heterocycles. The maximum Gasteiger partial charge on any atom is 0.319 e. The number of carbonyl (C=O) groups is 1. The largest absolute Gasteiger partial charge is 0.337 e. The predicted molar refractivity (Wildman–Crippen MR) is 112 cm³/mol. The molecule has 28 heavy (non-hydrogen) atoms. The number of nitrogens with zero attached hydrogens (tertiary/aromatic N) is 2. The van der Waals surface area contributed by atoms with Gasteiger partial charge in [-0.3, -0.25) is 0 Å². The summed E-state index contributed by atoms with van der Waals surface area (Å²) < 4.78 is 0. The van der Waals surface area contributed by atoms with Crippen LogP contribution in [0.25, 0.3) is 0 Å². The summed E-state index contributed by atoms with van der Waals surface area (Å²) in [5.74, 6) is 0. The molecule has 2 amide bonds. The summed E-state index contributed by atoms with van der Waals surface area (Å²) in [4.78, 5) is 21.9. The van der Waals surface area contributed by atoms with Crippen LogP contribution in [0.1, 0.15) is 24.0 Å². The number of hydrogen-bond acceptors (Lipinski definition) is 4. The molecule has 142 valence electrons. The van der Waals surface area contributed by atoms with Gasteiger partial charge in [0.2, 0.25) is 0 Å². The Bertz CT molecular complexity index is 959.